The average Bonchev–Trinajstić information content (AvgIpc) is 2.94. The molecule has 0 atom stereocenters. The van der Waals surface area contributed by atoms with Crippen molar-refractivity contribution in [3.63, 3.8) is 0 Å². The first kappa shape index (κ1) is 29.6. The summed E-state index contributed by atoms with van der Waals surface area (Å²) in [7, 11) is 0. The van der Waals surface area contributed by atoms with Gasteiger partial charge in [0.1, 0.15) is 5.82 Å². The molecule has 1 aromatic heterocycles. The third-order valence-corrected chi connectivity index (χ3v) is 6.08. The minimum atomic E-state index is -4.52. The van der Waals surface area contributed by atoms with E-state index in [2.05, 4.69) is 20.9 Å². The number of nitrogens with zero attached hydrogens (tertiary/aromatic N) is 2. The summed E-state index contributed by atoms with van der Waals surface area (Å²) in [6.07, 6.45) is -1.77. The van der Waals surface area contributed by atoms with Crippen LogP contribution in [0.25, 0.3) is 11.1 Å². The van der Waals surface area contributed by atoms with Crippen LogP contribution in [0.5, 0.6) is 0 Å². The normalized spacial score (nSPS) is 13.7. The highest BCUT2D eigenvalue weighted by atomic mass is 19.4. The van der Waals surface area contributed by atoms with Gasteiger partial charge in [0.2, 0.25) is 5.91 Å². The lowest BCUT2D eigenvalue weighted by Gasteiger charge is -2.28. The second kappa shape index (κ2) is 13.7. The number of carbonyl (C=O) groups is 1. The molecular formula is C28H34F3N7O. The molecule has 1 amide bonds. The van der Waals surface area contributed by atoms with Gasteiger partial charge in [-0.25, -0.2) is 4.98 Å². The molecular weight excluding hydrogens is 507 g/mol. The molecule has 3 aromatic rings. The number of anilines is 3. The van der Waals surface area contributed by atoms with Gasteiger partial charge in [-0.05, 0) is 41.5 Å². The van der Waals surface area contributed by atoms with E-state index in [1.165, 1.54) is 12.1 Å². The predicted molar refractivity (Wildman–Crippen MR) is 150 cm³/mol. The lowest BCUT2D eigenvalue weighted by Crippen LogP contribution is -2.43. The van der Waals surface area contributed by atoms with Gasteiger partial charge in [0.05, 0.1) is 12.1 Å². The van der Waals surface area contributed by atoms with Gasteiger partial charge in [0.25, 0.3) is 0 Å². The largest absolute Gasteiger partial charge is 0.416 e. The van der Waals surface area contributed by atoms with Crippen molar-refractivity contribution in [1.29, 1.82) is 5.41 Å². The standard InChI is InChI=1S/C26H28F3N7O.C2H6/c27-26(28,29)23-12-22(6-3-18(23)16-36-9-7-32-8-10-36)35-24(37)15-33-21-4-1-17(2-5-21)20-11-19(13-30)25(31)34-14-20;1-2/h1-6,11-14,30,32-33H,7-10,15-16H2,(H2,31,34)(H,35,37);1-2H3. The molecule has 0 bridgehead atoms. The van der Waals surface area contributed by atoms with E-state index in [9.17, 15) is 18.0 Å². The van der Waals surface area contributed by atoms with Crippen LogP contribution in [-0.2, 0) is 17.5 Å². The first-order valence-electron chi connectivity index (χ1n) is 12.8. The number of alkyl halides is 3. The Bertz CT molecular complexity index is 1260. The lowest BCUT2D eigenvalue weighted by atomic mass is 10.0. The topological polar surface area (TPSA) is 119 Å². The number of pyridine rings is 1. The Morgan fingerprint density at radius 1 is 1.08 bits per heavy atom. The number of aromatic nitrogens is 1. The fourth-order valence-electron chi connectivity index (χ4n) is 4.10. The summed E-state index contributed by atoms with van der Waals surface area (Å²) in [6, 6.07) is 12.9. The Morgan fingerprint density at radius 2 is 1.74 bits per heavy atom. The monoisotopic (exact) mass is 541 g/mol. The molecule has 0 unspecified atom stereocenters. The Morgan fingerprint density at radius 3 is 2.38 bits per heavy atom. The molecule has 1 aliphatic heterocycles. The lowest BCUT2D eigenvalue weighted by molar-refractivity contribution is -0.138. The maximum absolute atomic E-state index is 13.7. The number of rotatable bonds is 8. The van der Waals surface area contributed by atoms with Crippen molar-refractivity contribution < 1.29 is 18.0 Å². The summed E-state index contributed by atoms with van der Waals surface area (Å²) in [6.45, 7) is 6.95. The molecule has 2 aromatic carbocycles. The van der Waals surface area contributed by atoms with Crippen LogP contribution in [0.4, 0.5) is 30.4 Å². The van der Waals surface area contributed by atoms with Gasteiger partial charge in [0.15, 0.2) is 0 Å². The zero-order chi connectivity index (χ0) is 28.4. The number of nitrogens with one attached hydrogen (secondary N) is 4. The number of hydrogen-bond acceptors (Lipinski definition) is 7. The van der Waals surface area contributed by atoms with Crippen LogP contribution in [0.2, 0.25) is 0 Å². The fraction of sp³-hybridized carbons (Fsp3) is 0.321. The first-order chi connectivity index (χ1) is 18.7. The van der Waals surface area contributed by atoms with Crippen molar-refractivity contribution >= 4 is 29.3 Å². The number of halogens is 3. The van der Waals surface area contributed by atoms with Crippen molar-refractivity contribution in [2.24, 2.45) is 0 Å². The minimum absolute atomic E-state index is 0.0939. The third-order valence-electron chi connectivity index (χ3n) is 6.08. The van der Waals surface area contributed by atoms with Crippen LogP contribution in [0.1, 0.15) is 30.5 Å². The molecule has 0 spiro atoms. The summed E-state index contributed by atoms with van der Waals surface area (Å²) < 4.78 is 41.2. The second-order valence-corrected chi connectivity index (χ2v) is 8.72. The van der Waals surface area contributed by atoms with E-state index in [1.54, 1.807) is 24.4 Å². The number of carbonyl (C=O) groups excluding carboxylic acids is 1. The van der Waals surface area contributed by atoms with Gasteiger partial charge >= 0.3 is 6.18 Å². The van der Waals surface area contributed by atoms with E-state index in [-0.39, 0.29) is 30.2 Å². The minimum Gasteiger partial charge on any atom is -0.383 e. The van der Waals surface area contributed by atoms with Crippen molar-refractivity contribution in [3.8, 4) is 11.1 Å². The van der Waals surface area contributed by atoms with Gasteiger partial charge in [0, 0.05) is 67.6 Å². The Balaban J connectivity index is 0.00000205. The molecule has 0 saturated carbocycles. The van der Waals surface area contributed by atoms with Crippen LogP contribution in [0.15, 0.2) is 54.7 Å². The maximum atomic E-state index is 13.7. The van der Waals surface area contributed by atoms with Crippen molar-refractivity contribution in [1.82, 2.24) is 15.2 Å². The molecule has 8 nitrogen and oxygen atoms in total. The van der Waals surface area contributed by atoms with E-state index in [4.69, 9.17) is 11.1 Å². The molecule has 4 rings (SSSR count). The molecule has 6 N–H and O–H groups in total. The van der Waals surface area contributed by atoms with E-state index >= 15 is 0 Å². The van der Waals surface area contributed by atoms with Gasteiger partial charge in [-0.3, -0.25) is 9.69 Å². The smallest absolute Gasteiger partial charge is 0.383 e. The summed E-state index contributed by atoms with van der Waals surface area (Å²) in [5.41, 5.74) is 8.10. The van der Waals surface area contributed by atoms with Crippen molar-refractivity contribution in [2.75, 3.05) is 49.1 Å². The fourth-order valence-corrected chi connectivity index (χ4v) is 4.10. The van der Waals surface area contributed by atoms with E-state index in [0.29, 0.717) is 24.3 Å². The molecule has 0 radical (unpaired) electrons. The zero-order valence-corrected chi connectivity index (χ0v) is 22.0. The van der Waals surface area contributed by atoms with Crippen molar-refractivity contribution in [2.45, 2.75) is 26.6 Å². The molecule has 208 valence electrons. The molecule has 0 aliphatic carbocycles. The summed E-state index contributed by atoms with van der Waals surface area (Å²) in [4.78, 5) is 18.5. The zero-order valence-electron chi connectivity index (χ0n) is 22.0. The van der Waals surface area contributed by atoms with E-state index < -0.39 is 17.6 Å². The molecule has 1 fully saturated rings. The number of nitrogens with two attached hydrogens (primary N) is 1. The highest BCUT2D eigenvalue weighted by molar-refractivity contribution is 5.94. The van der Waals surface area contributed by atoms with Gasteiger partial charge in [-0.15, -0.1) is 0 Å². The molecule has 1 saturated heterocycles. The predicted octanol–water partition coefficient (Wildman–Crippen LogP) is 4.83. The van der Waals surface area contributed by atoms with Crippen molar-refractivity contribution in [3.05, 3.63) is 71.4 Å². The second-order valence-electron chi connectivity index (χ2n) is 8.72. The Hall–Kier alpha value is -3.96. The number of piperazine rings is 1. The molecule has 1 aliphatic rings. The molecule has 2 heterocycles. The van der Waals surface area contributed by atoms with E-state index in [0.717, 1.165) is 36.5 Å². The number of amides is 1. The molecule has 11 heteroatoms. The first-order valence-corrected chi connectivity index (χ1v) is 12.8. The number of benzene rings is 2. The Kier molecular flexibility index (Phi) is 10.4. The number of hydrogen-bond donors (Lipinski definition) is 5. The summed E-state index contributed by atoms with van der Waals surface area (Å²) >= 11 is 0. The van der Waals surface area contributed by atoms with Crippen LogP contribution in [0.3, 0.4) is 0 Å². The van der Waals surface area contributed by atoms with Crippen LogP contribution in [-0.4, -0.2) is 54.7 Å². The summed E-state index contributed by atoms with van der Waals surface area (Å²) in [5, 5.41) is 16.1. The third kappa shape index (κ3) is 8.26. The van der Waals surface area contributed by atoms with Gasteiger partial charge < -0.3 is 27.1 Å². The van der Waals surface area contributed by atoms with Gasteiger partial charge in [-0.2, -0.15) is 13.2 Å². The van der Waals surface area contributed by atoms with Crippen LogP contribution >= 0.6 is 0 Å². The Labute approximate surface area is 226 Å². The highest BCUT2D eigenvalue weighted by Crippen LogP contribution is 2.34. The quantitative estimate of drug-likeness (QED) is 0.261. The average molecular weight is 542 g/mol. The molecule has 39 heavy (non-hydrogen) atoms. The maximum Gasteiger partial charge on any atom is 0.416 e. The SMILES string of the molecule is CC.N=Cc1cc(-c2ccc(NCC(=O)Nc3ccc(CN4CCNCC4)c(C(F)(F)F)c3)cc2)cnc1N. The van der Waals surface area contributed by atoms with Crippen LogP contribution in [0, 0.1) is 5.41 Å². The van der Waals surface area contributed by atoms with Gasteiger partial charge in [-0.1, -0.05) is 32.0 Å². The number of nitrogen functional groups attached to an aromatic ring is 1. The van der Waals surface area contributed by atoms with E-state index in [1.807, 2.05) is 30.9 Å². The summed E-state index contributed by atoms with van der Waals surface area (Å²) in [5.74, 6) is -0.190. The van der Waals surface area contributed by atoms with Crippen LogP contribution < -0.4 is 21.7 Å². The highest BCUT2D eigenvalue weighted by Gasteiger charge is 2.34.